The summed E-state index contributed by atoms with van der Waals surface area (Å²) in [6.45, 7) is 10.3. The number of likely N-dealkylation sites (tertiary alicyclic amines) is 1. The molecule has 0 aliphatic carbocycles. The molecule has 1 heterocycles. The fourth-order valence-electron chi connectivity index (χ4n) is 3.32. The minimum absolute atomic E-state index is 0.0960. The molecule has 1 saturated heterocycles. The van der Waals surface area contributed by atoms with Gasteiger partial charge in [-0.2, -0.15) is 0 Å². The average Bonchev–Trinajstić information content (AvgIpc) is 2.46. The summed E-state index contributed by atoms with van der Waals surface area (Å²) in [4.78, 5) is 4.94. The van der Waals surface area contributed by atoms with Crippen LogP contribution in [0.2, 0.25) is 0 Å². The molecule has 4 nitrogen and oxygen atoms in total. The van der Waals surface area contributed by atoms with E-state index in [2.05, 4.69) is 43.1 Å². The highest BCUT2D eigenvalue weighted by molar-refractivity contribution is 4.81. The highest BCUT2D eigenvalue weighted by atomic mass is 16.3. The van der Waals surface area contributed by atoms with Gasteiger partial charge in [-0.15, -0.1) is 0 Å². The van der Waals surface area contributed by atoms with E-state index >= 15 is 0 Å². The Morgan fingerprint density at radius 2 is 1.95 bits per heavy atom. The van der Waals surface area contributed by atoms with Gasteiger partial charge in [0.05, 0.1) is 6.61 Å². The van der Waals surface area contributed by atoms with Gasteiger partial charge in [-0.1, -0.05) is 13.3 Å². The van der Waals surface area contributed by atoms with Crippen molar-refractivity contribution in [2.45, 2.75) is 51.5 Å². The highest BCUT2D eigenvalue weighted by Crippen LogP contribution is 2.17. The minimum atomic E-state index is -0.0960. The summed E-state index contributed by atoms with van der Waals surface area (Å²) in [6, 6.07) is 0. The summed E-state index contributed by atoms with van der Waals surface area (Å²) in [5.41, 5.74) is -0.0960. The van der Waals surface area contributed by atoms with Crippen LogP contribution in [0.4, 0.5) is 0 Å². The number of piperidine rings is 1. The standard InChI is InChI=1S/C17H37N3O/c1-5-18-17(2,15-21)10-6-7-11-20(4)14-16-8-12-19(3)13-9-16/h16,18,21H,5-15H2,1-4H3. The van der Waals surface area contributed by atoms with Crippen LogP contribution in [0.25, 0.3) is 0 Å². The first-order valence-electron chi connectivity index (χ1n) is 8.72. The average molecular weight is 300 g/mol. The van der Waals surface area contributed by atoms with E-state index in [1.807, 2.05) is 0 Å². The van der Waals surface area contributed by atoms with Gasteiger partial charge in [-0.05, 0) is 78.8 Å². The highest BCUT2D eigenvalue weighted by Gasteiger charge is 2.21. The Bertz CT molecular complexity index is 267. The van der Waals surface area contributed by atoms with Crippen LogP contribution in [-0.2, 0) is 0 Å². The molecule has 1 fully saturated rings. The lowest BCUT2D eigenvalue weighted by atomic mass is 9.95. The van der Waals surface area contributed by atoms with Crippen LogP contribution in [0.5, 0.6) is 0 Å². The smallest absolute Gasteiger partial charge is 0.0610 e. The maximum absolute atomic E-state index is 9.49. The number of hydrogen-bond donors (Lipinski definition) is 2. The van der Waals surface area contributed by atoms with Crippen molar-refractivity contribution in [2.75, 3.05) is 53.4 Å². The first-order valence-corrected chi connectivity index (χ1v) is 8.72. The predicted octanol–water partition coefficient (Wildman–Crippen LogP) is 1.79. The minimum Gasteiger partial charge on any atom is -0.394 e. The molecule has 1 atom stereocenters. The van der Waals surface area contributed by atoms with Crippen molar-refractivity contribution in [1.29, 1.82) is 0 Å². The molecule has 0 saturated carbocycles. The third-order valence-corrected chi connectivity index (χ3v) is 4.88. The molecule has 1 aliphatic rings. The van der Waals surface area contributed by atoms with Crippen molar-refractivity contribution in [3.05, 3.63) is 0 Å². The zero-order valence-corrected chi connectivity index (χ0v) is 14.7. The van der Waals surface area contributed by atoms with E-state index in [-0.39, 0.29) is 12.1 Å². The number of aliphatic hydroxyl groups is 1. The van der Waals surface area contributed by atoms with Gasteiger partial charge in [0.2, 0.25) is 0 Å². The van der Waals surface area contributed by atoms with Crippen molar-refractivity contribution in [3.63, 3.8) is 0 Å². The number of nitrogens with one attached hydrogen (secondary N) is 1. The molecule has 0 radical (unpaired) electrons. The van der Waals surface area contributed by atoms with Gasteiger partial charge in [-0.25, -0.2) is 0 Å². The van der Waals surface area contributed by atoms with Crippen molar-refractivity contribution in [1.82, 2.24) is 15.1 Å². The van der Waals surface area contributed by atoms with Crippen molar-refractivity contribution in [2.24, 2.45) is 5.92 Å². The number of unbranched alkanes of at least 4 members (excludes halogenated alkanes) is 1. The second-order valence-corrected chi connectivity index (χ2v) is 7.22. The summed E-state index contributed by atoms with van der Waals surface area (Å²) in [5.74, 6) is 0.885. The fourth-order valence-corrected chi connectivity index (χ4v) is 3.32. The Kier molecular flexibility index (Phi) is 8.79. The van der Waals surface area contributed by atoms with Crippen LogP contribution < -0.4 is 5.32 Å². The van der Waals surface area contributed by atoms with E-state index in [0.717, 1.165) is 18.9 Å². The first-order chi connectivity index (χ1) is 9.99. The van der Waals surface area contributed by atoms with E-state index < -0.39 is 0 Å². The molecule has 0 amide bonds. The molecule has 126 valence electrons. The molecule has 2 N–H and O–H groups in total. The van der Waals surface area contributed by atoms with Crippen LogP contribution in [0, 0.1) is 5.92 Å². The molecule has 1 unspecified atom stereocenters. The molecular formula is C17H37N3O. The van der Waals surface area contributed by atoms with Crippen LogP contribution in [-0.4, -0.2) is 73.9 Å². The SMILES string of the molecule is CCNC(C)(CO)CCCCN(C)CC1CCN(C)CC1. The van der Waals surface area contributed by atoms with Crippen LogP contribution in [0.3, 0.4) is 0 Å². The van der Waals surface area contributed by atoms with Gasteiger partial charge in [0.25, 0.3) is 0 Å². The van der Waals surface area contributed by atoms with E-state index in [0.29, 0.717) is 0 Å². The van der Waals surface area contributed by atoms with Crippen molar-refractivity contribution >= 4 is 0 Å². The lowest BCUT2D eigenvalue weighted by Gasteiger charge is -2.32. The van der Waals surface area contributed by atoms with Gasteiger partial charge in [0.15, 0.2) is 0 Å². The first kappa shape index (κ1) is 18.9. The third-order valence-electron chi connectivity index (χ3n) is 4.88. The van der Waals surface area contributed by atoms with Gasteiger partial charge in [0, 0.05) is 12.1 Å². The molecule has 0 aromatic heterocycles. The molecule has 0 aromatic carbocycles. The summed E-state index contributed by atoms with van der Waals surface area (Å²) < 4.78 is 0. The second kappa shape index (κ2) is 9.78. The Labute approximate surface area is 131 Å². The predicted molar refractivity (Wildman–Crippen MR) is 90.7 cm³/mol. The molecule has 4 heteroatoms. The Morgan fingerprint density at radius 3 is 2.52 bits per heavy atom. The normalized spacial score (nSPS) is 20.9. The van der Waals surface area contributed by atoms with E-state index in [4.69, 9.17) is 0 Å². The zero-order valence-electron chi connectivity index (χ0n) is 14.7. The zero-order chi connectivity index (χ0) is 15.7. The number of nitrogens with zero attached hydrogens (tertiary/aromatic N) is 2. The molecule has 1 aliphatic heterocycles. The number of likely N-dealkylation sites (N-methyl/N-ethyl adjacent to an activating group) is 1. The molecule has 0 spiro atoms. The van der Waals surface area contributed by atoms with E-state index in [1.54, 1.807) is 0 Å². The summed E-state index contributed by atoms with van der Waals surface area (Å²) in [6.07, 6.45) is 6.17. The topological polar surface area (TPSA) is 38.7 Å². The van der Waals surface area contributed by atoms with Gasteiger partial charge in [0.1, 0.15) is 0 Å². The van der Waals surface area contributed by atoms with Gasteiger partial charge < -0.3 is 20.2 Å². The van der Waals surface area contributed by atoms with Crippen LogP contribution >= 0.6 is 0 Å². The van der Waals surface area contributed by atoms with E-state index in [1.165, 1.54) is 51.9 Å². The summed E-state index contributed by atoms with van der Waals surface area (Å²) in [5, 5.41) is 12.9. The molecular weight excluding hydrogens is 262 g/mol. The molecule has 0 bridgehead atoms. The maximum atomic E-state index is 9.49. The number of aliphatic hydroxyl groups excluding tert-OH is 1. The van der Waals surface area contributed by atoms with Crippen LogP contribution in [0.15, 0.2) is 0 Å². The molecule has 1 rings (SSSR count). The molecule has 0 aromatic rings. The lowest BCUT2D eigenvalue weighted by molar-refractivity contribution is 0.158. The Balaban J connectivity index is 2.11. The summed E-state index contributed by atoms with van der Waals surface area (Å²) in [7, 11) is 4.48. The number of hydrogen-bond acceptors (Lipinski definition) is 4. The Hall–Kier alpha value is -0.160. The quantitative estimate of drug-likeness (QED) is 0.603. The third kappa shape index (κ3) is 7.59. The number of rotatable bonds is 10. The summed E-state index contributed by atoms with van der Waals surface area (Å²) >= 11 is 0. The Morgan fingerprint density at radius 1 is 1.29 bits per heavy atom. The lowest BCUT2D eigenvalue weighted by Crippen LogP contribution is -2.45. The largest absolute Gasteiger partial charge is 0.394 e. The van der Waals surface area contributed by atoms with E-state index in [9.17, 15) is 5.11 Å². The van der Waals surface area contributed by atoms with Crippen LogP contribution in [0.1, 0.15) is 46.0 Å². The maximum Gasteiger partial charge on any atom is 0.0610 e. The fraction of sp³-hybridized carbons (Fsp3) is 1.00. The monoisotopic (exact) mass is 299 g/mol. The van der Waals surface area contributed by atoms with Gasteiger partial charge >= 0.3 is 0 Å². The van der Waals surface area contributed by atoms with Crippen molar-refractivity contribution in [3.8, 4) is 0 Å². The van der Waals surface area contributed by atoms with Gasteiger partial charge in [-0.3, -0.25) is 0 Å². The van der Waals surface area contributed by atoms with Crippen molar-refractivity contribution < 1.29 is 5.11 Å². The second-order valence-electron chi connectivity index (χ2n) is 7.22. The molecule has 21 heavy (non-hydrogen) atoms.